The summed E-state index contributed by atoms with van der Waals surface area (Å²) in [6, 6.07) is 18.8. The summed E-state index contributed by atoms with van der Waals surface area (Å²) in [5, 5.41) is 4.42. The second-order valence-corrected chi connectivity index (χ2v) is 7.52. The van der Waals surface area contributed by atoms with Crippen molar-refractivity contribution in [2.45, 2.75) is 32.4 Å². The van der Waals surface area contributed by atoms with Gasteiger partial charge in [0.25, 0.3) is 0 Å². The van der Waals surface area contributed by atoms with E-state index in [9.17, 15) is 4.79 Å². The molecule has 0 radical (unpaired) electrons. The van der Waals surface area contributed by atoms with Crippen LogP contribution in [0.1, 0.15) is 24.5 Å². The van der Waals surface area contributed by atoms with Gasteiger partial charge >= 0.3 is 0 Å². The fraction of sp³-hybridized carbons (Fsp3) is 0.304. The van der Waals surface area contributed by atoms with Crippen LogP contribution in [0, 0.1) is 0 Å². The molecule has 4 rings (SSSR count). The topological polar surface area (TPSA) is 41.4 Å². The molecule has 28 heavy (non-hydrogen) atoms. The molecule has 5 nitrogen and oxygen atoms in total. The molecule has 1 aromatic heterocycles. The van der Waals surface area contributed by atoms with E-state index in [2.05, 4.69) is 41.2 Å². The Kier molecular flexibility index (Phi) is 5.15. The highest BCUT2D eigenvalue weighted by atomic mass is 16.2. The van der Waals surface area contributed by atoms with Crippen molar-refractivity contribution in [1.82, 2.24) is 14.7 Å². The van der Waals surface area contributed by atoms with Crippen LogP contribution < -0.4 is 4.90 Å². The summed E-state index contributed by atoms with van der Waals surface area (Å²) in [5.74, 6) is 0.121. The largest absolute Gasteiger partial charge is 0.359 e. The number of likely N-dealkylation sites (N-methyl/N-ethyl adjacent to an activating group) is 1. The van der Waals surface area contributed by atoms with Crippen molar-refractivity contribution in [2.75, 3.05) is 18.5 Å². The third-order valence-corrected chi connectivity index (χ3v) is 5.47. The molecule has 0 N–H and O–H groups in total. The molecule has 5 heteroatoms. The Morgan fingerprint density at radius 1 is 1.14 bits per heavy atom. The zero-order valence-electron chi connectivity index (χ0n) is 16.5. The third-order valence-electron chi connectivity index (χ3n) is 5.47. The Balaban J connectivity index is 1.43. The maximum atomic E-state index is 12.9. The van der Waals surface area contributed by atoms with Gasteiger partial charge in [0, 0.05) is 37.1 Å². The second-order valence-electron chi connectivity index (χ2n) is 7.52. The molecule has 0 fully saturated rings. The van der Waals surface area contributed by atoms with Crippen molar-refractivity contribution in [3.8, 4) is 5.69 Å². The lowest BCUT2D eigenvalue weighted by Crippen LogP contribution is -2.44. The van der Waals surface area contributed by atoms with Crippen LogP contribution in [0.5, 0.6) is 0 Å². The fourth-order valence-corrected chi connectivity index (χ4v) is 3.79. The van der Waals surface area contributed by atoms with Gasteiger partial charge in [-0.2, -0.15) is 5.10 Å². The Morgan fingerprint density at radius 2 is 1.89 bits per heavy atom. The van der Waals surface area contributed by atoms with Gasteiger partial charge in [0.1, 0.15) is 0 Å². The van der Waals surface area contributed by atoms with Crippen LogP contribution in [0.15, 0.2) is 67.0 Å². The van der Waals surface area contributed by atoms with Crippen molar-refractivity contribution in [3.05, 3.63) is 78.1 Å². The predicted molar refractivity (Wildman–Crippen MR) is 112 cm³/mol. The van der Waals surface area contributed by atoms with Crippen LogP contribution in [-0.4, -0.2) is 40.2 Å². The second kappa shape index (κ2) is 7.89. The van der Waals surface area contributed by atoms with Gasteiger partial charge in [0.2, 0.25) is 5.91 Å². The number of hydrogen-bond donors (Lipinski definition) is 0. The smallest absolute Gasteiger partial charge is 0.242 e. The van der Waals surface area contributed by atoms with Gasteiger partial charge in [-0.05, 0) is 43.5 Å². The molecule has 1 atom stereocenters. The minimum atomic E-state index is 0.121. The molecule has 0 saturated heterocycles. The molecule has 0 unspecified atom stereocenters. The lowest BCUT2D eigenvalue weighted by atomic mass is 9.96. The Morgan fingerprint density at radius 3 is 2.71 bits per heavy atom. The van der Waals surface area contributed by atoms with E-state index in [1.807, 2.05) is 54.5 Å². The van der Waals surface area contributed by atoms with Crippen molar-refractivity contribution in [1.29, 1.82) is 0 Å². The highest BCUT2D eigenvalue weighted by molar-refractivity contribution is 5.82. The van der Waals surface area contributed by atoms with Crippen molar-refractivity contribution >= 4 is 11.6 Å². The minimum Gasteiger partial charge on any atom is -0.359 e. The highest BCUT2D eigenvalue weighted by Crippen LogP contribution is 2.30. The minimum absolute atomic E-state index is 0.121. The number of carbonyl (C=O) groups excluding carboxylic acids is 1. The lowest BCUT2D eigenvalue weighted by molar-refractivity contribution is -0.129. The molecule has 1 amide bonds. The zero-order valence-corrected chi connectivity index (χ0v) is 16.5. The first kappa shape index (κ1) is 18.3. The van der Waals surface area contributed by atoms with Gasteiger partial charge in [0.05, 0.1) is 18.4 Å². The van der Waals surface area contributed by atoms with E-state index in [0.29, 0.717) is 19.1 Å². The van der Waals surface area contributed by atoms with Crippen LogP contribution in [0.25, 0.3) is 5.69 Å². The Bertz CT molecular complexity index is 950. The number of benzene rings is 2. The summed E-state index contributed by atoms with van der Waals surface area (Å²) in [5.41, 5.74) is 4.56. The van der Waals surface area contributed by atoms with E-state index in [0.717, 1.165) is 24.1 Å². The quantitative estimate of drug-likeness (QED) is 0.684. The number of hydrogen-bond acceptors (Lipinski definition) is 3. The van der Waals surface area contributed by atoms with Gasteiger partial charge in [-0.25, -0.2) is 4.68 Å². The van der Waals surface area contributed by atoms with Crippen LogP contribution in [0.2, 0.25) is 0 Å². The zero-order chi connectivity index (χ0) is 19.5. The van der Waals surface area contributed by atoms with Gasteiger partial charge in [-0.15, -0.1) is 0 Å². The normalized spacial score (nSPS) is 15.9. The third kappa shape index (κ3) is 3.79. The molecule has 0 saturated carbocycles. The van der Waals surface area contributed by atoms with Gasteiger partial charge in [0.15, 0.2) is 0 Å². The maximum Gasteiger partial charge on any atom is 0.242 e. The molecular formula is C23H26N4O. The van der Waals surface area contributed by atoms with Crippen LogP contribution in [-0.2, 0) is 17.8 Å². The molecule has 2 heterocycles. The van der Waals surface area contributed by atoms with Crippen molar-refractivity contribution in [2.24, 2.45) is 0 Å². The van der Waals surface area contributed by atoms with E-state index in [-0.39, 0.29) is 5.91 Å². The lowest BCUT2D eigenvalue weighted by Gasteiger charge is -2.37. The number of rotatable bonds is 5. The molecule has 0 bridgehead atoms. The van der Waals surface area contributed by atoms with Crippen LogP contribution >= 0.6 is 0 Å². The van der Waals surface area contributed by atoms with E-state index < -0.39 is 0 Å². The molecule has 3 aromatic rings. The number of aryl methyl sites for hydroxylation is 1. The first-order valence-corrected chi connectivity index (χ1v) is 9.79. The van der Waals surface area contributed by atoms with Crippen molar-refractivity contribution in [3.63, 3.8) is 0 Å². The molecule has 0 aliphatic carbocycles. The highest BCUT2D eigenvalue weighted by Gasteiger charge is 2.25. The summed E-state index contributed by atoms with van der Waals surface area (Å²) >= 11 is 0. The average Bonchev–Trinajstić information content (AvgIpc) is 3.19. The molecule has 1 aliphatic heterocycles. The van der Waals surface area contributed by atoms with Crippen LogP contribution in [0.3, 0.4) is 0 Å². The van der Waals surface area contributed by atoms with Gasteiger partial charge < -0.3 is 9.80 Å². The van der Waals surface area contributed by atoms with E-state index >= 15 is 0 Å². The summed E-state index contributed by atoms with van der Waals surface area (Å²) < 4.78 is 1.84. The van der Waals surface area contributed by atoms with E-state index in [1.54, 1.807) is 4.90 Å². The van der Waals surface area contributed by atoms with E-state index in [4.69, 9.17) is 0 Å². The number of carbonyl (C=O) groups is 1. The number of fused-ring (bicyclic) bond motifs is 1. The molecule has 1 aliphatic rings. The molecular weight excluding hydrogens is 348 g/mol. The van der Waals surface area contributed by atoms with E-state index in [1.165, 1.54) is 11.3 Å². The van der Waals surface area contributed by atoms with Crippen LogP contribution in [0.4, 0.5) is 5.69 Å². The number of nitrogens with zero attached hydrogens (tertiary/aromatic N) is 4. The monoisotopic (exact) mass is 374 g/mol. The number of aromatic nitrogens is 2. The number of para-hydroxylation sites is 2. The molecule has 144 valence electrons. The SMILES string of the molecule is C[C@H]1CCc2ccccc2N1CC(=O)N(C)Cc1cnn(-c2ccccc2)c1. The summed E-state index contributed by atoms with van der Waals surface area (Å²) in [4.78, 5) is 16.9. The van der Waals surface area contributed by atoms with Crippen molar-refractivity contribution < 1.29 is 4.79 Å². The van der Waals surface area contributed by atoms with Gasteiger partial charge in [-0.3, -0.25) is 4.79 Å². The predicted octanol–water partition coefficient (Wildman–Crippen LogP) is 3.67. The Labute approximate surface area is 166 Å². The van der Waals surface area contributed by atoms with Gasteiger partial charge in [-0.1, -0.05) is 36.4 Å². The summed E-state index contributed by atoms with van der Waals surface area (Å²) in [7, 11) is 1.86. The molecule has 0 spiro atoms. The first-order chi connectivity index (χ1) is 13.6. The fourth-order valence-electron chi connectivity index (χ4n) is 3.79. The number of amides is 1. The standard InChI is InChI=1S/C23H26N4O/c1-18-12-13-20-8-6-7-11-22(20)26(18)17-23(28)25(2)15-19-14-24-27(16-19)21-9-4-3-5-10-21/h3-11,14,16,18H,12-13,15,17H2,1-2H3/t18-/m0/s1. The average molecular weight is 374 g/mol. The number of anilines is 1. The maximum absolute atomic E-state index is 12.9. The summed E-state index contributed by atoms with van der Waals surface area (Å²) in [6.07, 6.45) is 5.97. The molecule has 2 aromatic carbocycles. The Hall–Kier alpha value is -3.08. The summed E-state index contributed by atoms with van der Waals surface area (Å²) in [6.45, 7) is 3.16. The first-order valence-electron chi connectivity index (χ1n) is 9.79.